The Labute approximate surface area is 174 Å². The van der Waals surface area contributed by atoms with Gasteiger partial charge in [0.05, 0.1) is 18.4 Å². The van der Waals surface area contributed by atoms with Crippen molar-refractivity contribution in [3.63, 3.8) is 0 Å². The van der Waals surface area contributed by atoms with Gasteiger partial charge in [0, 0.05) is 29.6 Å². The number of ether oxygens (including phenoxy) is 2. The normalized spacial score (nSPS) is 13.0. The molecule has 4 rings (SSSR count). The van der Waals surface area contributed by atoms with Gasteiger partial charge in [-0.05, 0) is 43.3 Å². The van der Waals surface area contributed by atoms with Gasteiger partial charge in [0.2, 0.25) is 0 Å². The molecule has 0 spiro atoms. The molecule has 2 heterocycles. The van der Waals surface area contributed by atoms with Gasteiger partial charge >= 0.3 is 0 Å². The van der Waals surface area contributed by atoms with Crippen molar-refractivity contribution in [2.75, 3.05) is 19.5 Å². The monoisotopic (exact) mass is 401 g/mol. The van der Waals surface area contributed by atoms with Crippen LogP contribution in [0, 0.1) is 0 Å². The molecule has 2 N–H and O–H groups in total. The zero-order chi connectivity index (χ0) is 21.1. The fourth-order valence-corrected chi connectivity index (χ4v) is 3.55. The summed E-state index contributed by atoms with van der Waals surface area (Å²) in [6.07, 6.45) is 2.55. The van der Waals surface area contributed by atoms with Crippen molar-refractivity contribution in [2.45, 2.75) is 13.3 Å². The average Bonchev–Trinajstić information content (AvgIpc) is 2.92. The summed E-state index contributed by atoms with van der Waals surface area (Å²) in [6.45, 7) is 2.08. The Morgan fingerprint density at radius 1 is 1.07 bits per heavy atom. The Hall–Kier alpha value is -3.80. The second-order valence-electron chi connectivity index (χ2n) is 7.00. The molecule has 2 aromatic carbocycles. The topological polar surface area (TPSA) is 78.8 Å². The van der Waals surface area contributed by atoms with Gasteiger partial charge < -0.3 is 15.2 Å². The standard InChI is InChI=1S/C24H23N3O3/c1-16-8-13-21-24(20(26-16)15-30-19-11-9-18(29-2)10-12-19)22(28)14-23(25)27(21)17-6-4-3-5-7-17/h3-12,14H,13,15,25H2,1-2H3. The number of pyridine rings is 1. The second-order valence-corrected chi connectivity index (χ2v) is 7.00. The lowest BCUT2D eigenvalue weighted by atomic mass is 10.0. The highest BCUT2D eigenvalue weighted by Crippen LogP contribution is 2.23. The van der Waals surface area contributed by atoms with E-state index in [1.54, 1.807) is 7.11 Å². The van der Waals surface area contributed by atoms with Crippen LogP contribution in [-0.2, 0) is 6.42 Å². The van der Waals surface area contributed by atoms with Crippen molar-refractivity contribution in [1.82, 2.24) is 4.57 Å². The number of para-hydroxylation sites is 1. The van der Waals surface area contributed by atoms with E-state index in [0.29, 0.717) is 29.3 Å². The Morgan fingerprint density at radius 3 is 2.47 bits per heavy atom. The average molecular weight is 401 g/mol. The van der Waals surface area contributed by atoms with E-state index in [1.807, 2.05) is 72.2 Å². The highest BCUT2D eigenvalue weighted by Gasteiger charge is 2.22. The number of rotatable bonds is 5. The number of benzene rings is 2. The molecule has 0 unspecified atom stereocenters. The third kappa shape index (κ3) is 3.85. The maximum atomic E-state index is 13.0. The van der Waals surface area contributed by atoms with Gasteiger partial charge in [0.15, 0.2) is 5.43 Å². The van der Waals surface area contributed by atoms with Crippen LogP contribution < -0.4 is 20.6 Å². The van der Waals surface area contributed by atoms with Crippen LogP contribution in [0.15, 0.2) is 82.2 Å². The van der Waals surface area contributed by atoms with Gasteiger partial charge in [-0.15, -0.1) is 0 Å². The summed E-state index contributed by atoms with van der Waals surface area (Å²) in [4.78, 5) is 17.6. The summed E-state index contributed by atoms with van der Waals surface area (Å²) in [6, 6.07) is 18.5. The molecule has 3 aromatic rings. The van der Waals surface area contributed by atoms with Crippen molar-refractivity contribution >= 4 is 11.5 Å². The highest BCUT2D eigenvalue weighted by molar-refractivity contribution is 6.03. The van der Waals surface area contributed by atoms with Crippen LogP contribution in [0.1, 0.15) is 18.2 Å². The van der Waals surface area contributed by atoms with Crippen molar-refractivity contribution in [1.29, 1.82) is 0 Å². The number of aliphatic imine (C=N–C) groups is 1. The predicted octanol–water partition coefficient (Wildman–Crippen LogP) is 3.76. The summed E-state index contributed by atoms with van der Waals surface area (Å²) in [5, 5.41) is 0. The van der Waals surface area contributed by atoms with E-state index in [1.165, 1.54) is 6.07 Å². The van der Waals surface area contributed by atoms with Crippen molar-refractivity contribution < 1.29 is 9.47 Å². The molecule has 0 radical (unpaired) electrons. The predicted molar refractivity (Wildman–Crippen MR) is 119 cm³/mol. The molecule has 0 fully saturated rings. The molecule has 0 saturated heterocycles. The SMILES string of the molecule is COc1ccc(OCC2=NC(C)=CCc3c2c(=O)cc(N)n3-c2ccccc2)cc1. The largest absolute Gasteiger partial charge is 0.497 e. The summed E-state index contributed by atoms with van der Waals surface area (Å²) in [7, 11) is 1.62. The first-order valence-electron chi connectivity index (χ1n) is 9.68. The van der Waals surface area contributed by atoms with Crippen LogP contribution in [0.2, 0.25) is 0 Å². The number of nitrogens with two attached hydrogens (primary N) is 1. The molecule has 0 atom stereocenters. The Bertz CT molecular complexity index is 1180. The lowest BCUT2D eigenvalue weighted by molar-refractivity contribution is 0.374. The molecular weight excluding hydrogens is 378 g/mol. The zero-order valence-electron chi connectivity index (χ0n) is 17.0. The van der Waals surface area contributed by atoms with E-state index in [0.717, 1.165) is 22.8 Å². The minimum atomic E-state index is -0.158. The zero-order valence-corrected chi connectivity index (χ0v) is 17.0. The lowest BCUT2D eigenvalue weighted by Crippen LogP contribution is -2.27. The summed E-state index contributed by atoms with van der Waals surface area (Å²) in [5.41, 5.74) is 9.76. The smallest absolute Gasteiger partial charge is 0.193 e. The number of nitrogen functional groups attached to an aromatic ring is 1. The molecule has 1 aromatic heterocycles. The third-order valence-corrected chi connectivity index (χ3v) is 4.98. The van der Waals surface area contributed by atoms with Gasteiger partial charge in [-0.1, -0.05) is 24.3 Å². The minimum absolute atomic E-state index is 0.158. The number of methoxy groups -OCH3 is 1. The minimum Gasteiger partial charge on any atom is -0.497 e. The van der Waals surface area contributed by atoms with Gasteiger partial charge in [-0.25, -0.2) is 0 Å². The molecule has 0 saturated carbocycles. The molecule has 1 aliphatic heterocycles. The highest BCUT2D eigenvalue weighted by atomic mass is 16.5. The molecule has 0 amide bonds. The molecular formula is C24H23N3O3. The first-order chi connectivity index (χ1) is 14.6. The summed E-state index contributed by atoms with van der Waals surface area (Å²) >= 11 is 0. The first kappa shape index (κ1) is 19.5. The molecule has 0 bridgehead atoms. The molecule has 0 aliphatic carbocycles. The van der Waals surface area contributed by atoms with Crippen molar-refractivity contribution in [3.05, 3.63) is 93.9 Å². The van der Waals surface area contributed by atoms with Crippen LogP contribution in [0.5, 0.6) is 11.5 Å². The Morgan fingerprint density at radius 2 is 1.77 bits per heavy atom. The molecule has 6 heteroatoms. The first-order valence-corrected chi connectivity index (χ1v) is 9.68. The maximum absolute atomic E-state index is 13.0. The van der Waals surface area contributed by atoms with Crippen LogP contribution in [-0.4, -0.2) is 24.0 Å². The number of fused-ring (bicyclic) bond motifs is 1. The van der Waals surface area contributed by atoms with Gasteiger partial charge in [-0.3, -0.25) is 14.4 Å². The van der Waals surface area contributed by atoms with Gasteiger partial charge in [-0.2, -0.15) is 0 Å². The number of anilines is 1. The number of allylic oxidation sites excluding steroid dienone is 2. The van der Waals surface area contributed by atoms with E-state index in [9.17, 15) is 4.79 Å². The second kappa shape index (κ2) is 8.29. The van der Waals surface area contributed by atoms with E-state index >= 15 is 0 Å². The number of hydrogen-bond donors (Lipinski definition) is 1. The maximum Gasteiger partial charge on any atom is 0.193 e. The van der Waals surface area contributed by atoms with E-state index in [4.69, 9.17) is 15.2 Å². The van der Waals surface area contributed by atoms with E-state index in [2.05, 4.69) is 4.99 Å². The Balaban J connectivity index is 1.76. The van der Waals surface area contributed by atoms with E-state index in [-0.39, 0.29) is 12.0 Å². The van der Waals surface area contributed by atoms with Crippen LogP contribution in [0.4, 0.5) is 5.82 Å². The van der Waals surface area contributed by atoms with Crippen LogP contribution in [0.25, 0.3) is 5.69 Å². The molecule has 1 aliphatic rings. The van der Waals surface area contributed by atoms with Crippen molar-refractivity contribution in [3.8, 4) is 17.2 Å². The summed E-state index contributed by atoms with van der Waals surface area (Å²) < 4.78 is 13.0. The molecule has 6 nitrogen and oxygen atoms in total. The van der Waals surface area contributed by atoms with Crippen LogP contribution in [0.3, 0.4) is 0 Å². The molecule has 152 valence electrons. The summed E-state index contributed by atoms with van der Waals surface area (Å²) in [5.74, 6) is 1.82. The number of hydrogen-bond acceptors (Lipinski definition) is 5. The fourth-order valence-electron chi connectivity index (χ4n) is 3.55. The number of aromatic nitrogens is 1. The quantitative estimate of drug-likeness (QED) is 0.706. The number of nitrogens with zero attached hydrogens (tertiary/aromatic N) is 2. The lowest BCUT2D eigenvalue weighted by Gasteiger charge is -2.19. The van der Waals surface area contributed by atoms with Gasteiger partial charge in [0.1, 0.15) is 23.9 Å². The Kier molecular flexibility index (Phi) is 5.39. The van der Waals surface area contributed by atoms with Crippen molar-refractivity contribution in [2.24, 2.45) is 4.99 Å². The van der Waals surface area contributed by atoms with Crippen LogP contribution >= 0.6 is 0 Å². The fraction of sp³-hybridized carbons (Fsp3) is 0.167. The third-order valence-electron chi connectivity index (χ3n) is 4.98. The van der Waals surface area contributed by atoms with Gasteiger partial charge in [0.25, 0.3) is 0 Å². The molecule has 30 heavy (non-hydrogen) atoms. The van der Waals surface area contributed by atoms with E-state index < -0.39 is 0 Å².